The third-order valence-corrected chi connectivity index (χ3v) is 2.57. The zero-order chi connectivity index (χ0) is 17.1. The van der Waals surface area contributed by atoms with Crippen molar-refractivity contribution >= 4 is 11.7 Å². The Labute approximate surface area is 118 Å². The Bertz CT molecular complexity index is 569. The smallest absolute Gasteiger partial charge is 0.358 e. The predicted molar refractivity (Wildman–Crippen MR) is 59.9 cm³/mol. The molecule has 0 bridgehead atoms. The van der Waals surface area contributed by atoms with Crippen molar-refractivity contribution in [1.82, 2.24) is 9.88 Å². The molecule has 1 aromatic heterocycles. The number of carbonyl (C=O) groups excluding carboxylic acids is 1. The fourth-order valence-electron chi connectivity index (χ4n) is 1.48. The van der Waals surface area contributed by atoms with Crippen LogP contribution in [-0.4, -0.2) is 34.0 Å². The van der Waals surface area contributed by atoms with Gasteiger partial charge in [0, 0.05) is 0 Å². The topological polar surface area (TPSA) is 77.2 Å². The lowest BCUT2D eigenvalue weighted by Gasteiger charge is -2.19. The Kier molecular flexibility index (Phi) is 5.04. The van der Waals surface area contributed by atoms with Crippen molar-refractivity contribution in [2.75, 3.05) is 6.54 Å². The quantitative estimate of drug-likeness (QED) is 0.492. The van der Waals surface area contributed by atoms with E-state index < -0.39 is 48.5 Å². The summed E-state index contributed by atoms with van der Waals surface area (Å²) in [7, 11) is 0. The van der Waals surface area contributed by atoms with Gasteiger partial charge in [-0.25, -0.2) is 8.96 Å². The highest BCUT2D eigenvalue weighted by Gasteiger charge is 2.57. The molecule has 1 aromatic rings. The molecule has 6 nitrogen and oxygen atoms in total. The van der Waals surface area contributed by atoms with E-state index in [4.69, 9.17) is 0 Å². The van der Waals surface area contributed by atoms with E-state index in [-0.39, 0.29) is 5.56 Å². The summed E-state index contributed by atoms with van der Waals surface area (Å²) < 4.78 is 74.0. The Morgan fingerprint density at radius 3 is 2.36 bits per heavy atom. The molecule has 0 spiro atoms. The fraction of sp³-hybridized carbons (Fsp3) is 0.500. The predicted octanol–water partition coefficient (Wildman–Crippen LogP) is 2.18. The Morgan fingerprint density at radius 2 is 1.91 bits per heavy atom. The van der Waals surface area contributed by atoms with Crippen LogP contribution in [0.5, 0.6) is 0 Å². The zero-order valence-corrected chi connectivity index (χ0v) is 10.7. The lowest BCUT2D eigenvalue weighted by molar-refractivity contribution is -0.392. The highest BCUT2D eigenvalue weighted by molar-refractivity contribution is 5.76. The number of alkyl halides is 6. The van der Waals surface area contributed by atoms with E-state index in [2.05, 4.69) is 0 Å². The zero-order valence-electron chi connectivity index (χ0n) is 10.7. The highest BCUT2D eigenvalue weighted by Crippen LogP contribution is 2.34. The molecule has 22 heavy (non-hydrogen) atoms. The summed E-state index contributed by atoms with van der Waals surface area (Å²) in [6, 6.07) is 0.996. The Balaban J connectivity index is 2.75. The van der Waals surface area contributed by atoms with Crippen molar-refractivity contribution in [3.05, 3.63) is 27.9 Å². The van der Waals surface area contributed by atoms with Gasteiger partial charge in [-0.2, -0.15) is 22.0 Å². The molecule has 1 rings (SSSR count). The highest BCUT2D eigenvalue weighted by atomic mass is 19.4. The summed E-state index contributed by atoms with van der Waals surface area (Å²) in [6.45, 7) is -4.10. The molecular formula is C10H9F6N3O3. The lowest BCUT2D eigenvalue weighted by Crippen LogP contribution is -2.47. The van der Waals surface area contributed by atoms with Crippen LogP contribution in [0.3, 0.4) is 0 Å². The summed E-state index contributed by atoms with van der Waals surface area (Å²) in [5, 5.41) is 12.0. The van der Waals surface area contributed by atoms with Crippen LogP contribution in [0.1, 0.15) is 5.56 Å². The summed E-state index contributed by atoms with van der Waals surface area (Å²) in [6.07, 6.45) is -4.88. The SMILES string of the molecule is O=C(Cn1ccc(CF)c1[N+](=O)[O-])NCC(F)(F)C(F)(F)F. The molecule has 0 aliphatic heterocycles. The molecule has 0 fully saturated rings. The van der Waals surface area contributed by atoms with Crippen LogP contribution < -0.4 is 5.32 Å². The van der Waals surface area contributed by atoms with Gasteiger partial charge in [-0.05, 0) is 11.0 Å². The van der Waals surface area contributed by atoms with Gasteiger partial charge < -0.3 is 15.4 Å². The van der Waals surface area contributed by atoms with Crippen molar-refractivity contribution in [1.29, 1.82) is 0 Å². The van der Waals surface area contributed by atoms with Gasteiger partial charge in [-0.15, -0.1) is 0 Å². The Hall–Kier alpha value is -2.27. The monoisotopic (exact) mass is 333 g/mol. The molecule has 0 aliphatic rings. The molecule has 0 aliphatic carbocycles. The molecule has 0 saturated carbocycles. The minimum atomic E-state index is -5.83. The van der Waals surface area contributed by atoms with Gasteiger partial charge in [0.25, 0.3) is 5.91 Å². The molecule has 0 radical (unpaired) electrons. The molecule has 1 heterocycles. The third-order valence-electron chi connectivity index (χ3n) is 2.57. The summed E-state index contributed by atoms with van der Waals surface area (Å²) >= 11 is 0. The molecule has 1 N–H and O–H groups in total. The van der Waals surface area contributed by atoms with Gasteiger partial charge in [0.15, 0.2) is 6.54 Å². The number of nitrogens with zero attached hydrogens (tertiary/aromatic N) is 2. The minimum absolute atomic E-state index is 0.349. The first-order valence-electron chi connectivity index (χ1n) is 5.59. The van der Waals surface area contributed by atoms with Crippen LogP contribution in [0.15, 0.2) is 12.3 Å². The maximum atomic E-state index is 12.6. The number of carbonyl (C=O) groups is 1. The van der Waals surface area contributed by atoms with E-state index in [0.717, 1.165) is 12.3 Å². The molecule has 0 atom stereocenters. The fourth-order valence-corrected chi connectivity index (χ4v) is 1.48. The number of nitro groups is 1. The van der Waals surface area contributed by atoms with Gasteiger partial charge in [0.1, 0.15) is 6.67 Å². The average Bonchev–Trinajstić information content (AvgIpc) is 2.78. The summed E-state index contributed by atoms with van der Waals surface area (Å²) in [5.41, 5.74) is -0.349. The molecular weight excluding hydrogens is 324 g/mol. The van der Waals surface area contributed by atoms with Gasteiger partial charge in [-0.3, -0.25) is 4.79 Å². The number of hydrogen-bond donors (Lipinski definition) is 1. The molecule has 1 amide bonds. The van der Waals surface area contributed by atoms with Crippen molar-refractivity contribution < 1.29 is 36.1 Å². The molecule has 0 unspecified atom stereocenters. The lowest BCUT2D eigenvalue weighted by atomic mass is 10.3. The van der Waals surface area contributed by atoms with Crippen LogP contribution in [0.25, 0.3) is 0 Å². The van der Waals surface area contributed by atoms with Gasteiger partial charge in [-0.1, -0.05) is 0 Å². The van der Waals surface area contributed by atoms with Gasteiger partial charge in [0.2, 0.25) is 0 Å². The van der Waals surface area contributed by atoms with E-state index in [1.165, 1.54) is 5.32 Å². The maximum absolute atomic E-state index is 12.6. The van der Waals surface area contributed by atoms with Crippen LogP contribution in [0, 0.1) is 10.1 Å². The third kappa shape index (κ3) is 3.89. The van der Waals surface area contributed by atoms with Crippen LogP contribution in [0.4, 0.5) is 32.2 Å². The number of nitrogens with one attached hydrogen (secondary N) is 1. The van der Waals surface area contributed by atoms with E-state index in [9.17, 15) is 41.3 Å². The second-order valence-corrected chi connectivity index (χ2v) is 4.16. The van der Waals surface area contributed by atoms with Crippen molar-refractivity contribution in [3.63, 3.8) is 0 Å². The van der Waals surface area contributed by atoms with Gasteiger partial charge in [0.05, 0.1) is 18.3 Å². The number of halogens is 6. The molecule has 0 aromatic carbocycles. The molecule has 12 heteroatoms. The maximum Gasteiger partial charge on any atom is 0.455 e. The minimum Gasteiger partial charge on any atom is -0.358 e. The van der Waals surface area contributed by atoms with E-state index in [1.807, 2.05) is 0 Å². The first-order valence-corrected chi connectivity index (χ1v) is 5.59. The Morgan fingerprint density at radius 1 is 1.32 bits per heavy atom. The van der Waals surface area contributed by atoms with Crippen molar-refractivity contribution in [2.24, 2.45) is 0 Å². The molecule has 124 valence electrons. The van der Waals surface area contributed by atoms with E-state index >= 15 is 0 Å². The molecule has 0 saturated heterocycles. The number of hydrogen-bond acceptors (Lipinski definition) is 3. The number of amides is 1. The van der Waals surface area contributed by atoms with E-state index in [0.29, 0.717) is 4.57 Å². The van der Waals surface area contributed by atoms with Crippen LogP contribution in [-0.2, 0) is 18.0 Å². The average molecular weight is 333 g/mol. The van der Waals surface area contributed by atoms with E-state index in [1.54, 1.807) is 0 Å². The van der Waals surface area contributed by atoms with Crippen molar-refractivity contribution in [3.8, 4) is 0 Å². The second-order valence-electron chi connectivity index (χ2n) is 4.16. The number of rotatable bonds is 6. The first-order chi connectivity index (χ1) is 9.99. The van der Waals surface area contributed by atoms with Crippen LogP contribution >= 0.6 is 0 Å². The largest absolute Gasteiger partial charge is 0.455 e. The van der Waals surface area contributed by atoms with Crippen LogP contribution in [0.2, 0.25) is 0 Å². The summed E-state index contributed by atoms with van der Waals surface area (Å²) in [5.74, 6) is -7.22. The standard InChI is InChI=1S/C10H9F6N3O3/c11-3-6-1-2-18(8(6)19(21)22)4-7(20)17-5-9(12,13)10(14,15)16/h1-2H,3-5H2,(H,17,20). The first kappa shape index (κ1) is 17.8. The van der Waals surface area contributed by atoms with Crippen molar-refractivity contribution in [2.45, 2.75) is 25.3 Å². The van der Waals surface area contributed by atoms with Gasteiger partial charge >= 0.3 is 17.9 Å². The second kappa shape index (κ2) is 6.23. The normalized spacial score (nSPS) is 12.3. The number of aromatic nitrogens is 1. The summed E-state index contributed by atoms with van der Waals surface area (Å²) in [4.78, 5) is 21.0.